The van der Waals surface area contributed by atoms with E-state index in [1.807, 2.05) is 24.7 Å². The standard InChI is InChI=1S/C14H18N6O/c1-10-6-11(19(2)18-10)7-15-12-8-17-13(9-16-12)20-5-3-4-14(20)21/h6,8-9H,3-5,7H2,1-2H3,(H,15,16). The molecule has 0 aromatic carbocycles. The Hall–Kier alpha value is -2.44. The van der Waals surface area contributed by atoms with E-state index in [1.165, 1.54) is 0 Å². The van der Waals surface area contributed by atoms with Crippen LogP contribution in [-0.2, 0) is 18.4 Å². The maximum atomic E-state index is 11.6. The number of aryl methyl sites for hydroxylation is 2. The van der Waals surface area contributed by atoms with Gasteiger partial charge >= 0.3 is 0 Å². The Labute approximate surface area is 123 Å². The second-order valence-corrected chi connectivity index (χ2v) is 5.16. The molecule has 3 heterocycles. The van der Waals surface area contributed by atoms with E-state index in [0.29, 0.717) is 24.6 Å². The summed E-state index contributed by atoms with van der Waals surface area (Å²) in [5.74, 6) is 1.43. The maximum Gasteiger partial charge on any atom is 0.228 e. The zero-order valence-electron chi connectivity index (χ0n) is 12.2. The summed E-state index contributed by atoms with van der Waals surface area (Å²) >= 11 is 0. The summed E-state index contributed by atoms with van der Waals surface area (Å²) < 4.78 is 1.84. The Morgan fingerprint density at radius 3 is 2.76 bits per heavy atom. The number of nitrogens with zero attached hydrogens (tertiary/aromatic N) is 5. The average molecular weight is 286 g/mol. The molecule has 1 aliphatic rings. The third-order valence-electron chi connectivity index (χ3n) is 3.54. The van der Waals surface area contributed by atoms with Gasteiger partial charge in [0.1, 0.15) is 5.82 Å². The van der Waals surface area contributed by atoms with Crippen molar-refractivity contribution in [3.05, 3.63) is 29.8 Å². The molecule has 7 heteroatoms. The van der Waals surface area contributed by atoms with Crippen molar-refractivity contribution in [2.45, 2.75) is 26.3 Å². The summed E-state index contributed by atoms with van der Waals surface area (Å²) in [6.45, 7) is 3.33. The van der Waals surface area contributed by atoms with Gasteiger partial charge in [0.2, 0.25) is 5.91 Å². The first kappa shape index (κ1) is 13.5. The summed E-state index contributed by atoms with van der Waals surface area (Å²) in [6.07, 6.45) is 4.78. The van der Waals surface area contributed by atoms with E-state index in [4.69, 9.17) is 0 Å². The number of rotatable bonds is 4. The third kappa shape index (κ3) is 2.86. The summed E-state index contributed by atoms with van der Waals surface area (Å²) in [5.41, 5.74) is 2.07. The molecule has 2 aromatic rings. The Morgan fingerprint density at radius 2 is 2.19 bits per heavy atom. The molecule has 0 bridgehead atoms. The first-order valence-corrected chi connectivity index (χ1v) is 6.99. The van der Waals surface area contributed by atoms with E-state index in [1.54, 1.807) is 17.3 Å². The zero-order chi connectivity index (χ0) is 14.8. The van der Waals surface area contributed by atoms with Crippen LogP contribution in [0.5, 0.6) is 0 Å². The predicted octanol–water partition coefficient (Wildman–Crippen LogP) is 1.26. The number of hydrogen-bond donors (Lipinski definition) is 1. The number of amides is 1. The van der Waals surface area contributed by atoms with E-state index in [9.17, 15) is 4.79 Å². The quantitative estimate of drug-likeness (QED) is 0.915. The molecule has 1 fully saturated rings. The van der Waals surface area contributed by atoms with E-state index < -0.39 is 0 Å². The van der Waals surface area contributed by atoms with Gasteiger partial charge in [0, 0.05) is 20.0 Å². The topological polar surface area (TPSA) is 75.9 Å². The summed E-state index contributed by atoms with van der Waals surface area (Å²) in [6, 6.07) is 2.03. The summed E-state index contributed by atoms with van der Waals surface area (Å²) in [7, 11) is 1.91. The molecule has 3 rings (SSSR count). The lowest BCUT2D eigenvalue weighted by molar-refractivity contribution is -0.117. The lowest BCUT2D eigenvalue weighted by Gasteiger charge is -2.14. The average Bonchev–Trinajstić information content (AvgIpc) is 3.03. The molecular formula is C14H18N6O. The molecule has 0 unspecified atom stereocenters. The highest BCUT2D eigenvalue weighted by Crippen LogP contribution is 2.18. The number of anilines is 2. The lowest BCUT2D eigenvalue weighted by atomic mass is 10.3. The predicted molar refractivity (Wildman–Crippen MR) is 78.9 cm³/mol. The van der Waals surface area contributed by atoms with Crippen molar-refractivity contribution < 1.29 is 4.79 Å². The van der Waals surface area contributed by atoms with Crippen LogP contribution in [0.25, 0.3) is 0 Å². The fraction of sp³-hybridized carbons (Fsp3) is 0.429. The van der Waals surface area contributed by atoms with Gasteiger partial charge in [-0.3, -0.25) is 14.4 Å². The van der Waals surface area contributed by atoms with E-state index >= 15 is 0 Å². The van der Waals surface area contributed by atoms with Gasteiger partial charge in [-0.25, -0.2) is 9.97 Å². The zero-order valence-corrected chi connectivity index (χ0v) is 12.2. The molecule has 7 nitrogen and oxygen atoms in total. The van der Waals surface area contributed by atoms with Crippen LogP contribution in [-0.4, -0.2) is 32.2 Å². The first-order chi connectivity index (χ1) is 10.1. The van der Waals surface area contributed by atoms with Gasteiger partial charge in [0.25, 0.3) is 0 Å². The van der Waals surface area contributed by atoms with E-state index in [2.05, 4.69) is 20.4 Å². The van der Waals surface area contributed by atoms with Crippen molar-refractivity contribution in [3.8, 4) is 0 Å². The molecule has 0 radical (unpaired) electrons. The van der Waals surface area contributed by atoms with Crippen LogP contribution >= 0.6 is 0 Å². The Morgan fingerprint density at radius 1 is 1.33 bits per heavy atom. The minimum atomic E-state index is 0.121. The Bertz CT molecular complexity index is 648. The Kier molecular flexibility index (Phi) is 3.55. The smallest absolute Gasteiger partial charge is 0.228 e. The van der Waals surface area contributed by atoms with Crippen molar-refractivity contribution >= 4 is 17.5 Å². The Balaban J connectivity index is 1.64. The van der Waals surface area contributed by atoms with Gasteiger partial charge in [0.05, 0.1) is 30.3 Å². The third-order valence-corrected chi connectivity index (χ3v) is 3.54. The minimum absolute atomic E-state index is 0.121. The monoisotopic (exact) mass is 286 g/mol. The van der Waals surface area contributed by atoms with E-state index in [0.717, 1.165) is 24.4 Å². The number of carbonyl (C=O) groups excluding carboxylic acids is 1. The molecule has 0 spiro atoms. The normalized spacial score (nSPS) is 14.8. The van der Waals surface area contributed by atoms with Crippen LogP contribution in [0.1, 0.15) is 24.2 Å². The van der Waals surface area contributed by atoms with Gasteiger partial charge in [0.15, 0.2) is 5.82 Å². The molecule has 0 atom stereocenters. The lowest BCUT2D eigenvalue weighted by Crippen LogP contribution is -2.24. The van der Waals surface area contributed by atoms with Gasteiger partial charge < -0.3 is 5.32 Å². The number of hydrogen-bond acceptors (Lipinski definition) is 5. The SMILES string of the molecule is Cc1cc(CNc2cnc(N3CCCC3=O)cn2)n(C)n1. The highest BCUT2D eigenvalue weighted by Gasteiger charge is 2.22. The minimum Gasteiger partial charge on any atom is -0.363 e. The number of carbonyl (C=O) groups is 1. The van der Waals surface area contributed by atoms with Gasteiger partial charge in [-0.05, 0) is 19.4 Å². The highest BCUT2D eigenvalue weighted by atomic mass is 16.2. The number of aromatic nitrogens is 4. The molecule has 1 saturated heterocycles. The van der Waals surface area contributed by atoms with E-state index in [-0.39, 0.29) is 5.91 Å². The van der Waals surface area contributed by atoms with Crippen LogP contribution in [0.3, 0.4) is 0 Å². The van der Waals surface area contributed by atoms with Crippen LogP contribution in [0.4, 0.5) is 11.6 Å². The fourth-order valence-electron chi connectivity index (χ4n) is 2.45. The van der Waals surface area contributed by atoms with Crippen LogP contribution in [0.15, 0.2) is 18.5 Å². The van der Waals surface area contributed by atoms with Crippen molar-refractivity contribution in [2.24, 2.45) is 7.05 Å². The van der Waals surface area contributed by atoms with Crippen molar-refractivity contribution in [2.75, 3.05) is 16.8 Å². The van der Waals surface area contributed by atoms with Gasteiger partial charge in [-0.1, -0.05) is 0 Å². The molecule has 0 saturated carbocycles. The van der Waals surface area contributed by atoms with Crippen LogP contribution < -0.4 is 10.2 Å². The van der Waals surface area contributed by atoms with Crippen molar-refractivity contribution in [1.29, 1.82) is 0 Å². The molecule has 0 aliphatic carbocycles. The fourth-order valence-corrected chi connectivity index (χ4v) is 2.45. The van der Waals surface area contributed by atoms with Gasteiger partial charge in [-0.15, -0.1) is 0 Å². The first-order valence-electron chi connectivity index (χ1n) is 6.99. The molecule has 1 amide bonds. The maximum absolute atomic E-state index is 11.6. The molecule has 21 heavy (non-hydrogen) atoms. The summed E-state index contributed by atoms with van der Waals surface area (Å²) in [4.78, 5) is 21.9. The van der Waals surface area contributed by atoms with Crippen molar-refractivity contribution in [3.63, 3.8) is 0 Å². The molecule has 2 aromatic heterocycles. The second-order valence-electron chi connectivity index (χ2n) is 5.16. The molecular weight excluding hydrogens is 268 g/mol. The largest absolute Gasteiger partial charge is 0.363 e. The van der Waals surface area contributed by atoms with Crippen LogP contribution in [0, 0.1) is 6.92 Å². The molecule has 1 aliphatic heterocycles. The highest BCUT2D eigenvalue weighted by molar-refractivity contribution is 5.94. The summed E-state index contributed by atoms with van der Waals surface area (Å²) in [5, 5.41) is 7.50. The number of nitrogens with one attached hydrogen (secondary N) is 1. The molecule has 1 N–H and O–H groups in total. The molecule has 110 valence electrons. The van der Waals surface area contributed by atoms with Crippen LogP contribution in [0.2, 0.25) is 0 Å². The van der Waals surface area contributed by atoms with Gasteiger partial charge in [-0.2, -0.15) is 5.10 Å². The second kappa shape index (κ2) is 5.51. The van der Waals surface area contributed by atoms with Crippen molar-refractivity contribution in [1.82, 2.24) is 19.7 Å².